The molecule has 114 valence electrons. The summed E-state index contributed by atoms with van der Waals surface area (Å²) in [4.78, 5) is 12.9. The number of ether oxygens (including phenoxy) is 2. The quantitative estimate of drug-likeness (QED) is 0.852. The first kappa shape index (κ1) is 14.8. The molecule has 3 atom stereocenters. The minimum atomic E-state index is -0.618. The molecule has 0 spiro atoms. The van der Waals surface area contributed by atoms with Crippen molar-refractivity contribution >= 4 is 5.78 Å². The molecule has 0 saturated carbocycles. The van der Waals surface area contributed by atoms with Crippen molar-refractivity contribution in [3.63, 3.8) is 0 Å². The Hall–Kier alpha value is -2.13. The predicted molar refractivity (Wildman–Crippen MR) is 85.1 cm³/mol. The predicted octanol–water partition coefficient (Wildman–Crippen LogP) is 3.75. The highest BCUT2D eigenvalue weighted by Gasteiger charge is 2.45. The van der Waals surface area contributed by atoms with E-state index in [0.29, 0.717) is 5.76 Å². The zero-order valence-corrected chi connectivity index (χ0v) is 12.9. The van der Waals surface area contributed by atoms with Gasteiger partial charge in [0.15, 0.2) is 18.0 Å². The molecule has 1 saturated heterocycles. The SMILES string of the molecule is C=C1C=CC=C2OC(c3ccccc3)C(OC(C)C)C(=O)C12. The number of carbonyl (C=O) groups excluding carboxylic acids is 1. The van der Waals surface area contributed by atoms with Crippen LogP contribution in [0.15, 0.2) is 66.5 Å². The number of ketones is 1. The summed E-state index contributed by atoms with van der Waals surface area (Å²) in [7, 11) is 0. The normalized spacial score (nSPS) is 27.4. The molecule has 3 nitrogen and oxygen atoms in total. The number of rotatable bonds is 3. The summed E-state index contributed by atoms with van der Waals surface area (Å²) in [6.07, 6.45) is 4.48. The van der Waals surface area contributed by atoms with Crippen molar-refractivity contribution < 1.29 is 14.3 Å². The van der Waals surface area contributed by atoms with E-state index in [2.05, 4.69) is 6.58 Å². The summed E-state index contributed by atoms with van der Waals surface area (Å²) in [5.74, 6) is 0.262. The molecule has 1 aromatic rings. The first-order valence-electron chi connectivity index (χ1n) is 7.56. The van der Waals surface area contributed by atoms with Crippen LogP contribution in [0.2, 0.25) is 0 Å². The van der Waals surface area contributed by atoms with E-state index in [1.165, 1.54) is 0 Å². The van der Waals surface area contributed by atoms with Gasteiger partial charge in [0.25, 0.3) is 0 Å². The first-order chi connectivity index (χ1) is 10.6. The van der Waals surface area contributed by atoms with Gasteiger partial charge in [0.2, 0.25) is 0 Å². The molecular formula is C19H20O3. The van der Waals surface area contributed by atoms with E-state index in [0.717, 1.165) is 11.1 Å². The number of benzene rings is 1. The third-order valence-corrected chi connectivity index (χ3v) is 3.88. The van der Waals surface area contributed by atoms with Crippen LogP contribution >= 0.6 is 0 Å². The average molecular weight is 296 g/mol. The van der Waals surface area contributed by atoms with Crippen LogP contribution in [0, 0.1) is 5.92 Å². The summed E-state index contributed by atoms with van der Waals surface area (Å²) >= 11 is 0. The number of hydrogen-bond acceptors (Lipinski definition) is 3. The molecule has 1 aromatic carbocycles. The second-order valence-electron chi connectivity index (χ2n) is 5.89. The van der Waals surface area contributed by atoms with E-state index in [1.807, 2.05) is 62.4 Å². The fourth-order valence-electron chi connectivity index (χ4n) is 2.91. The topological polar surface area (TPSA) is 35.5 Å². The van der Waals surface area contributed by atoms with E-state index in [4.69, 9.17) is 9.47 Å². The van der Waals surface area contributed by atoms with Gasteiger partial charge in [-0.3, -0.25) is 4.79 Å². The third kappa shape index (κ3) is 2.64. The van der Waals surface area contributed by atoms with E-state index in [-0.39, 0.29) is 11.9 Å². The van der Waals surface area contributed by atoms with Crippen LogP contribution in [0.4, 0.5) is 0 Å². The average Bonchev–Trinajstić information content (AvgIpc) is 2.50. The van der Waals surface area contributed by atoms with Gasteiger partial charge in [0.1, 0.15) is 11.7 Å². The van der Waals surface area contributed by atoms with Crippen LogP contribution in [0.1, 0.15) is 25.5 Å². The number of allylic oxidation sites excluding steroid dienone is 4. The second kappa shape index (κ2) is 5.93. The molecule has 1 aliphatic heterocycles. The Kier molecular flexibility index (Phi) is 3.99. The summed E-state index contributed by atoms with van der Waals surface area (Å²) in [5, 5.41) is 0. The molecule has 2 aliphatic rings. The van der Waals surface area contributed by atoms with Crippen molar-refractivity contribution in [1.29, 1.82) is 0 Å². The van der Waals surface area contributed by atoms with Crippen molar-refractivity contribution in [3.8, 4) is 0 Å². The molecule has 0 radical (unpaired) electrons. The minimum Gasteiger partial charge on any atom is -0.486 e. The highest BCUT2D eigenvalue weighted by molar-refractivity contribution is 5.92. The van der Waals surface area contributed by atoms with Crippen LogP contribution in [0.5, 0.6) is 0 Å². The fourth-order valence-corrected chi connectivity index (χ4v) is 2.91. The summed E-state index contributed by atoms with van der Waals surface area (Å²) in [6.45, 7) is 7.83. The van der Waals surface area contributed by atoms with Gasteiger partial charge in [0.05, 0.1) is 6.10 Å². The molecule has 0 aromatic heterocycles. The maximum Gasteiger partial charge on any atom is 0.180 e. The molecule has 1 aliphatic carbocycles. The lowest BCUT2D eigenvalue weighted by atomic mass is 9.82. The lowest BCUT2D eigenvalue weighted by Crippen LogP contribution is -2.44. The van der Waals surface area contributed by atoms with Gasteiger partial charge in [-0.1, -0.05) is 49.1 Å². The van der Waals surface area contributed by atoms with E-state index in [1.54, 1.807) is 0 Å². The summed E-state index contributed by atoms with van der Waals surface area (Å²) in [5.41, 5.74) is 1.70. The Bertz CT molecular complexity index is 640. The van der Waals surface area contributed by atoms with Crippen molar-refractivity contribution in [2.75, 3.05) is 0 Å². The molecule has 3 unspecified atom stereocenters. The van der Waals surface area contributed by atoms with E-state index >= 15 is 0 Å². The van der Waals surface area contributed by atoms with E-state index in [9.17, 15) is 4.79 Å². The fraction of sp³-hybridized carbons (Fsp3) is 0.316. The number of carbonyl (C=O) groups is 1. The van der Waals surface area contributed by atoms with Crippen molar-refractivity contribution in [1.82, 2.24) is 0 Å². The van der Waals surface area contributed by atoms with Crippen molar-refractivity contribution in [2.24, 2.45) is 5.92 Å². The molecule has 0 bridgehead atoms. The Morgan fingerprint density at radius 1 is 1.23 bits per heavy atom. The lowest BCUT2D eigenvalue weighted by Gasteiger charge is -2.39. The van der Waals surface area contributed by atoms with Gasteiger partial charge in [-0.15, -0.1) is 0 Å². The molecule has 0 N–H and O–H groups in total. The largest absolute Gasteiger partial charge is 0.486 e. The monoisotopic (exact) mass is 296 g/mol. The van der Waals surface area contributed by atoms with Gasteiger partial charge in [0, 0.05) is 0 Å². The Morgan fingerprint density at radius 3 is 2.64 bits per heavy atom. The third-order valence-electron chi connectivity index (χ3n) is 3.88. The maximum absolute atomic E-state index is 12.9. The smallest absolute Gasteiger partial charge is 0.180 e. The molecule has 0 amide bonds. The van der Waals surface area contributed by atoms with Gasteiger partial charge in [-0.25, -0.2) is 0 Å². The Morgan fingerprint density at radius 2 is 1.95 bits per heavy atom. The number of hydrogen-bond donors (Lipinski definition) is 0. The van der Waals surface area contributed by atoms with Crippen LogP contribution in [0.25, 0.3) is 0 Å². The maximum atomic E-state index is 12.9. The van der Waals surface area contributed by atoms with Gasteiger partial charge < -0.3 is 9.47 Å². The van der Waals surface area contributed by atoms with Crippen LogP contribution in [-0.4, -0.2) is 18.0 Å². The molecule has 1 heterocycles. The standard InChI is InChI=1S/C19H20O3/c1-12(2)21-19-17(20)16-13(3)8-7-11-15(16)22-18(19)14-9-5-4-6-10-14/h4-12,16,18-19H,3H2,1-2H3. The van der Waals surface area contributed by atoms with Crippen molar-refractivity contribution in [3.05, 3.63) is 72.0 Å². The van der Waals surface area contributed by atoms with Gasteiger partial charge >= 0.3 is 0 Å². The highest BCUT2D eigenvalue weighted by atomic mass is 16.6. The Labute approximate surface area is 130 Å². The van der Waals surface area contributed by atoms with Crippen molar-refractivity contribution in [2.45, 2.75) is 32.2 Å². The molecule has 1 fully saturated rings. The summed E-state index contributed by atoms with van der Waals surface area (Å²) < 4.78 is 12.0. The Balaban J connectivity index is 2.00. The molecule has 22 heavy (non-hydrogen) atoms. The van der Waals surface area contributed by atoms with E-state index < -0.39 is 18.1 Å². The lowest BCUT2D eigenvalue weighted by molar-refractivity contribution is -0.157. The minimum absolute atomic E-state index is 0.0226. The summed E-state index contributed by atoms with van der Waals surface area (Å²) in [6, 6.07) is 9.75. The molecule has 3 rings (SSSR count). The van der Waals surface area contributed by atoms with Gasteiger partial charge in [-0.2, -0.15) is 0 Å². The second-order valence-corrected chi connectivity index (χ2v) is 5.89. The van der Waals surface area contributed by atoms with Gasteiger partial charge in [-0.05, 0) is 31.1 Å². The molecule has 3 heteroatoms. The highest BCUT2D eigenvalue weighted by Crippen LogP contribution is 2.41. The number of Topliss-reactive ketones (excluding diaryl/α,β-unsaturated/α-hetero) is 1. The first-order valence-corrected chi connectivity index (χ1v) is 7.56. The van der Waals surface area contributed by atoms with Crippen LogP contribution in [-0.2, 0) is 14.3 Å². The van der Waals surface area contributed by atoms with Crippen LogP contribution < -0.4 is 0 Å². The zero-order chi connectivity index (χ0) is 15.7. The van der Waals surface area contributed by atoms with Crippen LogP contribution in [0.3, 0.4) is 0 Å². The number of fused-ring (bicyclic) bond motifs is 1. The zero-order valence-electron chi connectivity index (χ0n) is 12.9. The molecular weight excluding hydrogens is 276 g/mol.